The molecule has 2 N–H and O–H groups in total. The molecule has 0 aromatic carbocycles. The summed E-state index contributed by atoms with van der Waals surface area (Å²) >= 11 is 0. The lowest BCUT2D eigenvalue weighted by Crippen LogP contribution is -2.47. The number of piperidine rings is 1. The maximum Gasteiger partial charge on any atom is 0.317 e. The van der Waals surface area contributed by atoms with Gasteiger partial charge in [0.25, 0.3) is 0 Å². The molecule has 144 valence electrons. The van der Waals surface area contributed by atoms with Gasteiger partial charge in [-0.05, 0) is 32.7 Å². The number of hydrogen-bond donors (Lipinski definition) is 2. The molecule has 2 atom stereocenters. The number of carbonyl (C=O) groups is 1. The van der Waals surface area contributed by atoms with Gasteiger partial charge < -0.3 is 20.1 Å². The van der Waals surface area contributed by atoms with E-state index in [2.05, 4.69) is 32.7 Å². The fourth-order valence-corrected chi connectivity index (χ4v) is 4.34. The standard InChI is InChI=1S/C18H30N6O2/c1-23-10-8-19-11-15(23)16-21-17(26-22-16)13-5-4-9-24(12-13)18(25)20-14-6-2-3-7-14/h13-15,19H,2-12H2,1H3,(H,20,25). The third-order valence-electron chi connectivity index (χ3n) is 6.01. The number of aromatic nitrogens is 2. The Morgan fingerprint density at radius 3 is 2.88 bits per heavy atom. The monoisotopic (exact) mass is 362 g/mol. The zero-order chi connectivity index (χ0) is 17.9. The second kappa shape index (κ2) is 7.92. The van der Waals surface area contributed by atoms with Crippen LogP contribution < -0.4 is 10.6 Å². The molecule has 0 radical (unpaired) electrons. The second-order valence-electron chi connectivity index (χ2n) is 7.91. The molecule has 8 nitrogen and oxygen atoms in total. The first-order valence-corrected chi connectivity index (χ1v) is 10.0. The SMILES string of the molecule is CN1CCNCC1c1noc(C2CCCN(C(=O)NC3CCCC3)C2)n1. The van der Waals surface area contributed by atoms with Crippen molar-refractivity contribution < 1.29 is 9.32 Å². The van der Waals surface area contributed by atoms with Crippen LogP contribution in [0.2, 0.25) is 0 Å². The fraction of sp³-hybridized carbons (Fsp3) is 0.833. The molecule has 1 aliphatic carbocycles. The Morgan fingerprint density at radius 1 is 1.23 bits per heavy atom. The minimum absolute atomic E-state index is 0.0672. The Bertz CT molecular complexity index is 615. The first-order valence-electron chi connectivity index (χ1n) is 10.0. The first-order chi connectivity index (χ1) is 12.7. The van der Waals surface area contributed by atoms with Crippen molar-refractivity contribution in [3.8, 4) is 0 Å². The van der Waals surface area contributed by atoms with Crippen LogP contribution in [-0.2, 0) is 0 Å². The molecule has 1 saturated carbocycles. The lowest BCUT2D eigenvalue weighted by molar-refractivity contribution is 0.168. The summed E-state index contributed by atoms with van der Waals surface area (Å²) in [6.45, 7) is 4.29. The number of likely N-dealkylation sites (tertiary alicyclic amines) is 1. The van der Waals surface area contributed by atoms with Crippen LogP contribution in [0.25, 0.3) is 0 Å². The number of piperazine rings is 1. The number of carbonyl (C=O) groups excluding carboxylic acids is 1. The Kier molecular flexibility index (Phi) is 5.40. The average molecular weight is 362 g/mol. The lowest BCUT2D eigenvalue weighted by Gasteiger charge is -2.32. The summed E-state index contributed by atoms with van der Waals surface area (Å²) in [6, 6.07) is 0.580. The van der Waals surface area contributed by atoms with Gasteiger partial charge in [0, 0.05) is 38.8 Å². The van der Waals surface area contributed by atoms with Gasteiger partial charge in [0.1, 0.15) is 0 Å². The molecule has 2 saturated heterocycles. The number of nitrogens with one attached hydrogen (secondary N) is 2. The Labute approximate surface area is 154 Å². The van der Waals surface area contributed by atoms with Crippen molar-refractivity contribution in [2.75, 3.05) is 39.8 Å². The van der Waals surface area contributed by atoms with Crippen molar-refractivity contribution in [2.45, 2.75) is 56.5 Å². The predicted octanol–water partition coefficient (Wildman–Crippen LogP) is 1.48. The molecule has 26 heavy (non-hydrogen) atoms. The molecule has 3 heterocycles. The maximum atomic E-state index is 12.6. The Hall–Kier alpha value is -1.67. The third kappa shape index (κ3) is 3.86. The van der Waals surface area contributed by atoms with Crippen molar-refractivity contribution in [3.05, 3.63) is 11.7 Å². The highest BCUT2D eigenvalue weighted by molar-refractivity contribution is 5.74. The van der Waals surface area contributed by atoms with Crippen molar-refractivity contribution in [1.29, 1.82) is 0 Å². The number of nitrogens with zero attached hydrogens (tertiary/aromatic N) is 4. The summed E-state index contributed by atoms with van der Waals surface area (Å²) < 4.78 is 5.59. The second-order valence-corrected chi connectivity index (χ2v) is 7.91. The van der Waals surface area contributed by atoms with Crippen LogP contribution >= 0.6 is 0 Å². The molecule has 4 rings (SSSR count). The van der Waals surface area contributed by atoms with E-state index in [1.54, 1.807) is 0 Å². The topological polar surface area (TPSA) is 86.5 Å². The highest BCUT2D eigenvalue weighted by Gasteiger charge is 2.32. The van der Waals surface area contributed by atoms with Crippen molar-refractivity contribution in [1.82, 2.24) is 30.6 Å². The van der Waals surface area contributed by atoms with E-state index in [4.69, 9.17) is 4.52 Å². The van der Waals surface area contributed by atoms with Crippen LogP contribution in [0, 0.1) is 0 Å². The predicted molar refractivity (Wildman–Crippen MR) is 96.9 cm³/mol. The first kappa shape index (κ1) is 17.7. The summed E-state index contributed by atoms with van der Waals surface area (Å²) in [4.78, 5) is 21.4. The average Bonchev–Trinajstić information content (AvgIpc) is 3.34. The highest BCUT2D eigenvalue weighted by Crippen LogP contribution is 2.28. The molecule has 0 bridgehead atoms. The van der Waals surface area contributed by atoms with E-state index in [0.717, 1.165) is 57.7 Å². The van der Waals surface area contributed by atoms with Crippen molar-refractivity contribution in [2.24, 2.45) is 0 Å². The molecule has 2 unspecified atom stereocenters. The Morgan fingerprint density at radius 2 is 2.08 bits per heavy atom. The molecule has 2 amide bonds. The zero-order valence-corrected chi connectivity index (χ0v) is 15.6. The van der Waals surface area contributed by atoms with Gasteiger partial charge in [-0.1, -0.05) is 18.0 Å². The van der Waals surface area contributed by atoms with Crippen molar-refractivity contribution in [3.63, 3.8) is 0 Å². The van der Waals surface area contributed by atoms with E-state index in [1.165, 1.54) is 12.8 Å². The number of amides is 2. The molecule has 2 aliphatic heterocycles. The normalized spacial score (nSPS) is 28.4. The zero-order valence-electron chi connectivity index (χ0n) is 15.6. The minimum atomic E-state index is 0.0672. The summed E-state index contributed by atoms with van der Waals surface area (Å²) in [5.41, 5.74) is 0. The van der Waals surface area contributed by atoms with E-state index in [1.807, 2.05) is 4.90 Å². The molecule has 3 aliphatic rings. The third-order valence-corrected chi connectivity index (χ3v) is 6.01. The van der Waals surface area contributed by atoms with Crippen LogP contribution in [0.15, 0.2) is 4.52 Å². The van der Waals surface area contributed by atoms with Gasteiger partial charge in [-0.2, -0.15) is 4.98 Å². The number of rotatable bonds is 3. The van der Waals surface area contributed by atoms with E-state index in [0.29, 0.717) is 18.5 Å². The Balaban J connectivity index is 1.37. The van der Waals surface area contributed by atoms with Gasteiger partial charge in [-0.25, -0.2) is 4.79 Å². The molecule has 3 fully saturated rings. The molecule has 8 heteroatoms. The fourth-order valence-electron chi connectivity index (χ4n) is 4.34. The van der Waals surface area contributed by atoms with Crippen LogP contribution in [0.5, 0.6) is 0 Å². The van der Waals surface area contributed by atoms with Crippen molar-refractivity contribution >= 4 is 6.03 Å². The maximum absolute atomic E-state index is 12.6. The van der Waals surface area contributed by atoms with Gasteiger partial charge in [-0.15, -0.1) is 0 Å². The van der Waals surface area contributed by atoms with E-state index in [9.17, 15) is 4.79 Å². The summed E-state index contributed by atoms with van der Waals surface area (Å²) in [6.07, 6.45) is 6.64. The lowest BCUT2D eigenvalue weighted by atomic mass is 9.98. The van der Waals surface area contributed by atoms with Crippen LogP contribution in [0.4, 0.5) is 4.79 Å². The molecule has 1 aromatic rings. The van der Waals surface area contributed by atoms with Crippen LogP contribution in [0.3, 0.4) is 0 Å². The summed E-state index contributed by atoms with van der Waals surface area (Å²) in [5, 5.41) is 10.8. The van der Waals surface area contributed by atoms with Gasteiger partial charge >= 0.3 is 6.03 Å². The smallest absolute Gasteiger partial charge is 0.317 e. The van der Waals surface area contributed by atoms with E-state index < -0.39 is 0 Å². The van der Waals surface area contributed by atoms with Crippen LogP contribution in [-0.4, -0.2) is 71.8 Å². The van der Waals surface area contributed by atoms with E-state index in [-0.39, 0.29) is 18.0 Å². The van der Waals surface area contributed by atoms with E-state index >= 15 is 0 Å². The largest absolute Gasteiger partial charge is 0.339 e. The highest BCUT2D eigenvalue weighted by atomic mass is 16.5. The van der Waals surface area contributed by atoms with Gasteiger partial charge in [0.15, 0.2) is 5.82 Å². The van der Waals surface area contributed by atoms with Gasteiger partial charge in [0.05, 0.1) is 12.0 Å². The number of likely N-dealkylation sites (N-methyl/N-ethyl adjacent to an activating group) is 1. The molecule has 1 aromatic heterocycles. The number of urea groups is 1. The van der Waals surface area contributed by atoms with Gasteiger partial charge in [0.2, 0.25) is 5.89 Å². The molecule has 0 spiro atoms. The molecular formula is C18H30N6O2. The summed E-state index contributed by atoms with van der Waals surface area (Å²) in [5.74, 6) is 1.57. The molecular weight excluding hydrogens is 332 g/mol. The minimum Gasteiger partial charge on any atom is -0.339 e. The quantitative estimate of drug-likeness (QED) is 0.847. The summed E-state index contributed by atoms with van der Waals surface area (Å²) in [7, 11) is 2.09. The van der Waals surface area contributed by atoms with Gasteiger partial charge in [-0.3, -0.25) is 4.90 Å². The number of hydrogen-bond acceptors (Lipinski definition) is 6. The van der Waals surface area contributed by atoms with Crippen LogP contribution in [0.1, 0.15) is 62.2 Å².